The van der Waals surface area contributed by atoms with Gasteiger partial charge in [0.2, 0.25) is 5.66 Å². The molecule has 6 nitrogen and oxygen atoms in total. The molecule has 29 heavy (non-hydrogen) atoms. The van der Waals surface area contributed by atoms with Crippen molar-refractivity contribution >= 4 is 23.2 Å². The van der Waals surface area contributed by atoms with E-state index in [9.17, 15) is 9.59 Å². The number of amides is 2. The first kappa shape index (κ1) is 17.3. The van der Waals surface area contributed by atoms with E-state index in [0.717, 1.165) is 5.56 Å². The summed E-state index contributed by atoms with van der Waals surface area (Å²) in [7, 11) is 1.58. The monoisotopic (exact) mass is 385 g/mol. The molecule has 3 aromatic carbocycles. The number of para-hydroxylation sites is 1. The quantitative estimate of drug-likeness (QED) is 0.723. The van der Waals surface area contributed by atoms with Crippen LogP contribution in [0, 0.1) is 0 Å². The summed E-state index contributed by atoms with van der Waals surface area (Å²) in [6.45, 7) is 0.283. The van der Waals surface area contributed by atoms with Crippen LogP contribution in [-0.2, 0) is 17.0 Å². The van der Waals surface area contributed by atoms with Crippen molar-refractivity contribution in [1.29, 1.82) is 0 Å². The fraction of sp³-hybridized carbons (Fsp3) is 0.130. The van der Waals surface area contributed by atoms with Crippen molar-refractivity contribution < 1.29 is 14.3 Å². The van der Waals surface area contributed by atoms with Crippen molar-refractivity contribution in [2.75, 3.05) is 17.7 Å². The number of fused-ring (bicyclic) bond motifs is 3. The fourth-order valence-corrected chi connectivity index (χ4v) is 4.08. The standard InChI is InChI=1S/C23H19N3O3/c1-29-16-11-12-20-18(13-16)23(22(28)24-20)25-19-10-6-5-9-17(19)21(27)26(23)14-15-7-3-2-4-8-15/h2-13,25H,14H2,1H3,(H,24,28)/t23-/m0/s1. The van der Waals surface area contributed by atoms with Crippen LogP contribution in [0.4, 0.5) is 11.4 Å². The van der Waals surface area contributed by atoms with Gasteiger partial charge in [0.1, 0.15) is 5.75 Å². The lowest BCUT2D eigenvalue weighted by Gasteiger charge is -2.44. The van der Waals surface area contributed by atoms with Gasteiger partial charge in [-0.1, -0.05) is 42.5 Å². The van der Waals surface area contributed by atoms with Crippen molar-refractivity contribution in [3.05, 3.63) is 89.5 Å². The van der Waals surface area contributed by atoms with E-state index in [1.165, 1.54) is 0 Å². The van der Waals surface area contributed by atoms with E-state index in [1.54, 1.807) is 36.3 Å². The van der Waals surface area contributed by atoms with Gasteiger partial charge >= 0.3 is 0 Å². The molecule has 0 unspecified atom stereocenters. The van der Waals surface area contributed by atoms with E-state index >= 15 is 0 Å². The Morgan fingerprint density at radius 3 is 2.48 bits per heavy atom. The van der Waals surface area contributed by atoms with Crippen LogP contribution < -0.4 is 15.4 Å². The summed E-state index contributed by atoms with van der Waals surface area (Å²) in [6, 6.07) is 22.3. The smallest absolute Gasteiger partial charge is 0.276 e. The summed E-state index contributed by atoms with van der Waals surface area (Å²) < 4.78 is 5.39. The first-order valence-electron chi connectivity index (χ1n) is 9.36. The number of methoxy groups -OCH3 is 1. The highest BCUT2D eigenvalue weighted by Gasteiger charge is 2.56. The number of nitrogens with zero attached hydrogens (tertiary/aromatic N) is 1. The molecule has 0 saturated carbocycles. The average molecular weight is 385 g/mol. The molecule has 3 aromatic rings. The number of ether oxygens (including phenoxy) is 1. The molecule has 1 atom stereocenters. The molecule has 0 bridgehead atoms. The topological polar surface area (TPSA) is 70.7 Å². The number of anilines is 2. The lowest BCUT2D eigenvalue weighted by atomic mass is 9.92. The minimum absolute atomic E-state index is 0.200. The second-order valence-electron chi connectivity index (χ2n) is 7.12. The van der Waals surface area contributed by atoms with Crippen LogP contribution in [-0.4, -0.2) is 23.8 Å². The molecule has 2 N–H and O–H groups in total. The van der Waals surface area contributed by atoms with Gasteiger partial charge in [-0.15, -0.1) is 0 Å². The van der Waals surface area contributed by atoms with Crippen LogP contribution in [0.2, 0.25) is 0 Å². The lowest BCUT2D eigenvalue weighted by Crippen LogP contribution is -2.60. The van der Waals surface area contributed by atoms with Gasteiger partial charge in [-0.05, 0) is 35.9 Å². The molecule has 0 aliphatic carbocycles. The van der Waals surface area contributed by atoms with Gasteiger partial charge in [-0.3, -0.25) is 14.5 Å². The maximum atomic E-state index is 13.6. The molecular weight excluding hydrogens is 366 g/mol. The first-order chi connectivity index (χ1) is 14.1. The molecule has 0 saturated heterocycles. The van der Waals surface area contributed by atoms with Crippen LogP contribution in [0.15, 0.2) is 72.8 Å². The van der Waals surface area contributed by atoms with Crippen molar-refractivity contribution in [2.24, 2.45) is 0 Å². The van der Waals surface area contributed by atoms with Gasteiger partial charge < -0.3 is 15.4 Å². The van der Waals surface area contributed by atoms with Crippen LogP contribution in [0.25, 0.3) is 0 Å². The molecule has 2 heterocycles. The molecule has 0 fully saturated rings. The SMILES string of the molecule is COc1ccc2c(c1)[C@@]1(Nc3ccccc3C(=O)N1Cc1ccccc1)C(=O)N2. The summed E-state index contributed by atoms with van der Waals surface area (Å²) in [5, 5.41) is 6.29. The highest BCUT2D eigenvalue weighted by atomic mass is 16.5. The highest BCUT2D eigenvalue weighted by molar-refractivity contribution is 6.14. The van der Waals surface area contributed by atoms with Crippen molar-refractivity contribution in [3.8, 4) is 5.75 Å². The van der Waals surface area contributed by atoms with Gasteiger partial charge in [0, 0.05) is 23.5 Å². The number of carbonyl (C=O) groups is 2. The number of rotatable bonds is 3. The number of nitrogens with one attached hydrogen (secondary N) is 2. The minimum Gasteiger partial charge on any atom is -0.497 e. The summed E-state index contributed by atoms with van der Waals surface area (Å²) in [5.74, 6) is 0.126. The third-order valence-corrected chi connectivity index (χ3v) is 5.50. The Morgan fingerprint density at radius 1 is 0.931 bits per heavy atom. The molecule has 2 aliphatic rings. The molecule has 0 radical (unpaired) electrons. The zero-order valence-electron chi connectivity index (χ0n) is 15.8. The van der Waals surface area contributed by atoms with E-state index in [4.69, 9.17) is 4.74 Å². The van der Waals surface area contributed by atoms with Crippen LogP contribution in [0.5, 0.6) is 5.75 Å². The fourth-order valence-electron chi connectivity index (χ4n) is 4.08. The number of hydrogen-bond donors (Lipinski definition) is 2. The summed E-state index contributed by atoms with van der Waals surface area (Å²) in [4.78, 5) is 28.5. The van der Waals surface area contributed by atoms with E-state index in [-0.39, 0.29) is 18.4 Å². The molecular formula is C23H19N3O3. The third kappa shape index (κ3) is 2.49. The summed E-state index contributed by atoms with van der Waals surface area (Å²) in [5.41, 5.74) is 2.08. The molecule has 0 aromatic heterocycles. The van der Waals surface area contributed by atoms with Crippen LogP contribution in [0.1, 0.15) is 21.5 Å². The van der Waals surface area contributed by atoms with E-state index in [1.807, 2.05) is 48.5 Å². The number of benzene rings is 3. The van der Waals surface area contributed by atoms with Crippen molar-refractivity contribution in [3.63, 3.8) is 0 Å². The van der Waals surface area contributed by atoms with E-state index in [2.05, 4.69) is 10.6 Å². The zero-order chi connectivity index (χ0) is 20.0. The maximum absolute atomic E-state index is 13.6. The van der Waals surface area contributed by atoms with Crippen LogP contribution >= 0.6 is 0 Å². The number of hydrogen-bond acceptors (Lipinski definition) is 4. The molecule has 2 amide bonds. The second-order valence-corrected chi connectivity index (χ2v) is 7.12. The Kier molecular flexibility index (Phi) is 3.81. The first-order valence-corrected chi connectivity index (χ1v) is 9.36. The van der Waals surface area contributed by atoms with E-state index < -0.39 is 5.66 Å². The minimum atomic E-state index is -1.36. The Bertz CT molecular complexity index is 1130. The maximum Gasteiger partial charge on any atom is 0.276 e. The highest BCUT2D eigenvalue weighted by Crippen LogP contribution is 2.46. The van der Waals surface area contributed by atoms with Crippen molar-refractivity contribution in [1.82, 2.24) is 4.90 Å². The van der Waals surface area contributed by atoms with Gasteiger partial charge in [0.05, 0.1) is 12.7 Å². The molecule has 144 valence electrons. The normalized spacial score (nSPS) is 19.4. The molecule has 6 heteroatoms. The predicted octanol–water partition coefficient (Wildman–Crippen LogP) is 3.57. The van der Waals surface area contributed by atoms with Gasteiger partial charge in [0.15, 0.2) is 0 Å². The van der Waals surface area contributed by atoms with E-state index in [0.29, 0.717) is 28.3 Å². The largest absolute Gasteiger partial charge is 0.497 e. The van der Waals surface area contributed by atoms with Crippen molar-refractivity contribution in [2.45, 2.75) is 12.2 Å². The van der Waals surface area contributed by atoms with Crippen LogP contribution in [0.3, 0.4) is 0 Å². The Labute approximate surface area is 168 Å². The Balaban J connectivity index is 1.73. The summed E-state index contributed by atoms with van der Waals surface area (Å²) >= 11 is 0. The summed E-state index contributed by atoms with van der Waals surface area (Å²) in [6.07, 6.45) is 0. The predicted molar refractivity (Wildman–Crippen MR) is 110 cm³/mol. The molecule has 5 rings (SSSR count). The molecule has 1 spiro atoms. The zero-order valence-corrected chi connectivity index (χ0v) is 15.8. The van der Waals surface area contributed by atoms with Gasteiger partial charge in [-0.2, -0.15) is 0 Å². The molecule has 2 aliphatic heterocycles. The second kappa shape index (κ2) is 6.38. The van der Waals surface area contributed by atoms with Gasteiger partial charge in [0.25, 0.3) is 11.8 Å². The Morgan fingerprint density at radius 2 is 1.69 bits per heavy atom. The Hall–Kier alpha value is -3.80. The van der Waals surface area contributed by atoms with Gasteiger partial charge in [-0.25, -0.2) is 0 Å². The average Bonchev–Trinajstić information content (AvgIpc) is 3.03. The third-order valence-electron chi connectivity index (χ3n) is 5.50. The lowest BCUT2D eigenvalue weighted by molar-refractivity contribution is -0.125. The number of carbonyl (C=O) groups excluding carboxylic acids is 2.